The standard InChI is InChI=1S/C16H15FN2O2/c1-3-14-13(8-19(2)18-14)16(21)12-7-9-6-10(17)4-5-11(9)15(12)20/h4-6,8,12H,3,7H2,1-2H3. The zero-order valence-corrected chi connectivity index (χ0v) is 11.9. The van der Waals surface area contributed by atoms with Crippen molar-refractivity contribution in [1.29, 1.82) is 0 Å². The van der Waals surface area contributed by atoms with Gasteiger partial charge in [0.15, 0.2) is 11.6 Å². The zero-order valence-electron chi connectivity index (χ0n) is 11.9. The van der Waals surface area contributed by atoms with E-state index >= 15 is 0 Å². The predicted molar refractivity (Wildman–Crippen MR) is 74.8 cm³/mol. The fraction of sp³-hybridized carbons (Fsp3) is 0.312. The van der Waals surface area contributed by atoms with Crippen LogP contribution in [0.15, 0.2) is 24.4 Å². The molecule has 1 unspecified atom stereocenters. The summed E-state index contributed by atoms with van der Waals surface area (Å²) in [5.41, 5.74) is 2.25. The van der Waals surface area contributed by atoms with E-state index in [1.807, 2.05) is 6.92 Å². The van der Waals surface area contributed by atoms with Crippen molar-refractivity contribution in [2.24, 2.45) is 13.0 Å². The molecule has 0 radical (unpaired) electrons. The molecule has 1 aromatic heterocycles. The third kappa shape index (κ3) is 2.18. The van der Waals surface area contributed by atoms with Crippen LogP contribution in [0.4, 0.5) is 4.39 Å². The summed E-state index contributed by atoms with van der Waals surface area (Å²) in [5.74, 6) is -1.58. The Bertz CT molecular complexity index is 749. The van der Waals surface area contributed by atoms with Crippen LogP contribution in [-0.2, 0) is 19.9 Å². The molecule has 0 amide bonds. The Morgan fingerprint density at radius 2 is 2.24 bits per heavy atom. The van der Waals surface area contributed by atoms with Gasteiger partial charge in [-0.1, -0.05) is 6.92 Å². The summed E-state index contributed by atoms with van der Waals surface area (Å²) in [6, 6.07) is 4.06. The van der Waals surface area contributed by atoms with Gasteiger partial charge in [0.2, 0.25) is 0 Å². The maximum atomic E-state index is 13.3. The van der Waals surface area contributed by atoms with E-state index in [0.29, 0.717) is 28.8 Å². The summed E-state index contributed by atoms with van der Waals surface area (Å²) in [5, 5.41) is 4.23. The first-order valence-electron chi connectivity index (χ1n) is 6.90. The van der Waals surface area contributed by atoms with Gasteiger partial charge in [0.05, 0.1) is 17.2 Å². The van der Waals surface area contributed by atoms with E-state index in [9.17, 15) is 14.0 Å². The van der Waals surface area contributed by atoms with Crippen molar-refractivity contribution in [3.63, 3.8) is 0 Å². The molecule has 1 atom stereocenters. The summed E-state index contributed by atoms with van der Waals surface area (Å²) in [6.45, 7) is 1.92. The van der Waals surface area contributed by atoms with Gasteiger partial charge >= 0.3 is 0 Å². The van der Waals surface area contributed by atoms with E-state index in [1.165, 1.54) is 18.2 Å². The highest BCUT2D eigenvalue weighted by Gasteiger charge is 2.37. The molecule has 1 heterocycles. The fourth-order valence-corrected chi connectivity index (χ4v) is 2.87. The Morgan fingerprint density at radius 1 is 1.48 bits per heavy atom. The average molecular weight is 286 g/mol. The highest BCUT2D eigenvalue weighted by atomic mass is 19.1. The number of benzene rings is 1. The Hall–Kier alpha value is -2.30. The van der Waals surface area contributed by atoms with Gasteiger partial charge < -0.3 is 0 Å². The van der Waals surface area contributed by atoms with Gasteiger partial charge in [-0.05, 0) is 36.6 Å². The van der Waals surface area contributed by atoms with Gasteiger partial charge in [0, 0.05) is 18.8 Å². The summed E-state index contributed by atoms with van der Waals surface area (Å²) in [7, 11) is 1.75. The van der Waals surface area contributed by atoms with Crippen LogP contribution in [-0.4, -0.2) is 21.3 Å². The molecule has 0 aliphatic heterocycles. The van der Waals surface area contributed by atoms with Crippen molar-refractivity contribution >= 4 is 11.6 Å². The third-order valence-electron chi connectivity index (χ3n) is 3.90. The van der Waals surface area contributed by atoms with E-state index in [0.717, 1.165) is 0 Å². The van der Waals surface area contributed by atoms with E-state index in [2.05, 4.69) is 5.10 Å². The largest absolute Gasteiger partial charge is 0.293 e. The normalized spacial score (nSPS) is 17.1. The number of hydrogen-bond acceptors (Lipinski definition) is 3. The van der Waals surface area contributed by atoms with E-state index in [-0.39, 0.29) is 23.8 Å². The molecule has 1 aromatic carbocycles. The first-order valence-corrected chi connectivity index (χ1v) is 6.90. The van der Waals surface area contributed by atoms with Gasteiger partial charge in [0.25, 0.3) is 0 Å². The summed E-state index contributed by atoms with van der Waals surface area (Å²) in [6.07, 6.45) is 2.55. The molecule has 0 spiro atoms. The molecule has 4 nitrogen and oxygen atoms in total. The Morgan fingerprint density at radius 3 is 2.95 bits per heavy atom. The number of hydrogen-bond donors (Lipinski definition) is 0. The monoisotopic (exact) mass is 286 g/mol. The van der Waals surface area contributed by atoms with Crippen LogP contribution in [0.1, 0.15) is 38.9 Å². The van der Waals surface area contributed by atoms with Crippen LogP contribution in [0, 0.1) is 11.7 Å². The number of carbonyl (C=O) groups is 2. The SMILES string of the molecule is CCc1nn(C)cc1C(=O)C1Cc2cc(F)ccc2C1=O. The minimum atomic E-state index is -0.753. The minimum Gasteiger partial charge on any atom is -0.293 e. The summed E-state index contributed by atoms with van der Waals surface area (Å²) >= 11 is 0. The number of ketones is 2. The number of Topliss-reactive ketones (excluding diaryl/α,β-unsaturated/α-hetero) is 2. The molecule has 108 valence electrons. The molecule has 21 heavy (non-hydrogen) atoms. The van der Waals surface area contributed by atoms with Crippen LogP contribution in [0.25, 0.3) is 0 Å². The van der Waals surface area contributed by atoms with Crippen LogP contribution in [0.2, 0.25) is 0 Å². The van der Waals surface area contributed by atoms with Crippen molar-refractivity contribution in [1.82, 2.24) is 9.78 Å². The van der Waals surface area contributed by atoms with Crippen molar-refractivity contribution in [2.45, 2.75) is 19.8 Å². The molecular weight excluding hydrogens is 271 g/mol. The number of fused-ring (bicyclic) bond motifs is 1. The summed E-state index contributed by atoms with van der Waals surface area (Å²) < 4.78 is 14.8. The predicted octanol–water partition coefficient (Wildman–Crippen LogP) is 2.36. The number of carbonyl (C=O) groups excluding carboxylic acids is 2. The molecule has 0 saturated heterocycles. The van der Waals surface area contributed by atoms with Gasteiger partial charge in [-0.15, -0.1) is 0 Å². The number of aryl methyl sites for hydroxylation is 2. The Kier molecular flexibility index (Phi) is 3.20. The lowest BCUT2D eigenvalue weighted by Crippen LogP contribution is -2.21. The molecule has 3 rings (SSSR count). The van der Waals surface area contributed by atoms with Crippen LogP contribution in [0.3, 0.4) is 0 Å². The van der Waals surface area contributed by atoms with Crippen molar-refractivity contribution in [3.8, 4) is 0 Å². The first-order chi connectivity index (χ1) is 10.0. The lowest BCUT2D eigenvalue weighted by molar-refractivity contribution is 0.0822. The summed E-state index contributed by atoms with van der Waals surface area (Å²) in [4.78, 5) is 25.0. The molecule has 2 aromatic rings. The highest BCUT2D eigenvalue weighted by Crippen LogP contribution is 2.30. The van der Waals surface area contributed by atoms with E-state index in [4.69, 9.17) is 0 Å². The van der Waals surface area contributed by atoms with Gasteiger partial charge in [0.1, 0.15) is 5.82 Å². The molecule has 1 aliphatic rings. The van der Waals surface area contributed by atoms with E-state index < -0.39 is 5.92 Å². The lowest BCUT2D eigenvalue weighted by atomic mass is 9.94. The topological polar surface area (TPSA) is 52.0 Å². The molecule has 0 fully saturated rings. The maximum absolute atomic E-state index is 13.3. The zero-order chi connectivity index (χ0) is 15.1. The molecule has 5 heteroatoms. The van der Waals surface area contributed by atoms with Gasteiger partial charge in [-0.2, -0.15) is 5.10 Å². The van der Waals surface area contributed by atoms with Crippen molar-refractivity contribution in [3.05, 3.63) is 52.6 Å². The number of nitrogens with zero attached hydrogens (tertiary/aromatic N) is 2. The Balaban J connectivity index is 1.96. The molecule has 0 N–H and O–H groups in total. The van der Waals surface area contributed by atoms with Crippen molar-refractivity contribution in [2.75, 3.05) is 0 Å². The van der Waals surface area contributed by atoms with Crippen LogP contribution >= 0.6 is 0 Å². The number of aromatic nitrogens is 2. The molecule has 0 bridgehead atoms. The van der Waals surface area contributed by atoms with Crippen molar-refractivity contribution < 1.29 is 14.0 Å². The first kappa shape index (κ1) is 13.7. The second-order valence-electron chi connectivity index (χ2n) is 5.30. The smallest absolute Gasteiger partial charge is 0.177 e. The second-order valence-corrected chi connectivity index (χ2v) is 5.30. The van der Waals surface area contributed by atoms with E-state index in [1.54, 1.807) is 17.9 Å². The Labute approximate surface area is 121 Å². The third-order valence-corrected chi connectivity index (χ3v) is 3.90. The fourth-order valence-electron chi connectivity index (χ4n) is 2.87. The quantitative estimate of drug-likeness (QED) is 0.643. The molecular formula is C16H15FN2O2. The maximum Gasteiger partial charge on any atom is 0.177 e. The van der Waals surface area contributed by atoms with Crippen LogP contribution < -0.4 is 0 Å². The molecule has 0 saturated carbocycles. The average Bonchev–Trinajstić information content (AvgIpc) is 2.98. The lowest BCUT2D eigenvalue weighted by Gasteiger charge is -2.06. The van der Waals surface area contributed by atoms with Crippen LogP contribution in [0.5, 0.6) is 0 Å². The minimum absolute atomic E-state index is 0.221. The number of rotatable bonds is 3. The highest BCUT2D eigenvalue weighted by molar-refractivity contribution is 6.18. The molecule has 1 aliphatic carbocycles. The van der Waals surface area contributed by atoms with Gasteiger partial charge in [-0.3, -0.25) is 14.3 Å². The number of halogens is 1. The van der Waals surface area contributed by atoms with Gasteiger partial charge in [-0.25, -0.2) is 4.39 Å². The second kappa shape index (κ2) is 4.91.